The third-order valence-electron chi connectivity index (χ3n) is 7.04. The summed E-state index contributed by atoms with van der Waals surface area (Å²) in [7, 11) is -1.18. The first-order chi connectivity index (χ1) is 18.8. The minimum Gasteiger partial charge on any atom is -0.497 e. The van der Waals surface area contributed by atoms with Crippen molar-refractivity contribution in [1.82, 2.24) is 9.21 Å². The van der Waals surface area contributed by atoms with Crippen molar-refractivity contribution < 1.29 is 27.5 Å². The van der Waals surface area contributed by atoms with Crippen molar-refractivity contribution in [3.63, 3.8) is 0 Å². The van der Waals surface area contributed by atoms with Gasteiger partial charge in [0.05, 0.1) is 31.3 Å². The van der Waals surface area contributed by atoms with Gasteiger partial charge in [0, 0.05) is 37.9 Å². The summed E-state index contributed by atoms with van der Waals surface area (Å²) >= 11 is 0. The summed E-state index contributed by atoms with van der Waals surface area (Å²) in [5.74, 6) is 0.811. The number of rotatable bonds is 7. The first-order valence-corrected chi connectivity index (χ1v) is 14.0. The molecule has 2 aliphatic rings. The van der Waals surface area contributed by atoms with Gasteiger partial charge in [-0.15, -0.1) is 0 Å². The highest BCUT2D eigenvalue weighted by molar-refractivity contribution is 7.89. The quantitative estimate of drug-likeness (QED) is 0.446. The lowest BCUT2D eigenvalue weighted by Crippen LogP contribution is -2.54. The molecular formula is C28H30N4O6S. The molecule has 0 radical (unpaired) electrons. The number of hydrogen-bond donors (Lipinski definition) is 0. The van der Waals surface area contributed by atoms with Crippen molar-refractivity contribution in [2.24, 2.45) is 0 Å². The Hall–Kier alpha value is -4.25. The van der Waals surface area contributed by atoms with E-state index in [4.69, 9.17) is 9.47 Å². The number of hydrogen-bond acceptors (Lipinski definition) is 7. The molecule has 0 bridgehead atoms. The molecule has 204 valence electrons. The molecule has 11 heteroatoms. The number of piperazine rings is 1. The number of para-hydroxylation sites is 3. The smallest absolute Gasteiger partial charge is 0.339 e. The molecule has 0 saturated carbocycles. The van der Waals surface area contributed by atoms with Crippen LogP contribution in [0.5, 0.6) is 11.5 Å². The number of sulfonamides is 1. The lowest BCUT2D eigenvalue weighted by molar-refractivity contribution is -0.132. The minimum absolute atomic E-state index is 0.0817. The second-order valence-corrected chi connectivity index (χ2v) is 11.1. The highest BCUT2D eigenvalue weighted by atomic mass is 32.2. The molecule has 0 spiro atoms. The Morgan fingerprint density at radius 3 is 2.23 bits per heavy atom. The number of carbonyl (C=O) groups excluding carboxylic acids is 2. The van der Waals surface area contributed by atoms with E-state index in [0.29, 0.717) is 37.6 Å². The number of amides is 3. The molecule has 2 saturated heterocycles. The zero-order valence-electron chi connectivity index (χ0n) is 21.8. The van der Waals surface area contributed by atoms with Gasteiger partial charge >= 0.3 is 6.03 Å². The molecule has 1 atom stereocenters. The molecule has 0 N–H and O–H groups in total. The van der Waals surface area contributed by atoms with Gasteiger partial charge in [-0.2, -0.15) is 0 Å². The molecule has 2 aliphatic heterocycles. The molecule has 0 aromatic heterocycles. The zero-order valence-corrected chi connectivity index (χ0v) is 22.6. The standard InChI is InChI=1S/C28H30N4O6S/c1-37-22-11-8-12-23(19-22)39(35,36)31-20-25(32(28(31)34)21-9-4-3-5-10-21)27(33)30-17-15-29(16-18-30)24-13-6-7-14-26(24)38-2/h3-14,19,25H,15-18,20H2,1-2H3/t25-/m0/s1. The number of carbonyl (C=O) groups is 2. The van der Waals surface area contributed by atoms with E-state index in [1.165, 1.54) is 24.1 Å². The molecule has 0 aliphatic carbocycles. The number of benzene rings is 3. The van der Waals surface area contributed by atoms with E-state index in [-0.39, 0.29) is 17.3 Å². The van der Waals surface area contributed by atoms with E-state index in [0.717, 1.165) is 15.7 Å². The molecule has 3 aromatic rings. The molecule has 3 amide bonds. The van der Waals surface area contributed by atoms with Crippen molar-refractivity contribution >= 4 is 33.3 Å². The van der Waals surface area contributed by atoms with Crippen molar-refractivity contribution in [3.05, 3.63) is 78.9 Å². The van der Waals surface area contributed by atoms with Gasteiger partial charge in [0.2, 0.25) is 5.91 Å². The molecule has 2 fully saturated rings. The van der Waals surface area contributed by atoms with Gasteiger partial charge in [-0.1, -0.05) is 36.4 Å². The number of anilines is 2. The maximum Gasteiger partial charge on any atom is 0.339 e. The van der Waals surface area contributed by atoms with E-state index in [2.05, 4.69) is 4.90 Å². The molecule has 2 heterocycles. The van der Waals surface area contributed by atoms with Gasteiger partial charge in [-0.3, -0.25) is 9.69 Å². The maximum atomic E-state index is 13.9. The van der Waals surface area contributed by atoms with Crippen molar-refractivity contribution in [2.45, 2.75) is 10.9 Å². The Labute approximate surface area is 228 Å². The average molecular weight is 551 g/mol. The van der Waals surface area contributed by atoms with E-state index >= 15 is 0 Å². The van der Waals surface area contributed by atoms with Gasteiger partial charge in [-0.05, 0) is 36.4 Å². The van der Waals surface area contributed by atoms with Crippen LogP contribution in [0, 0.1) is 0 Å². The third-order valence-corrected chi connectivity index (χ3v) is 8.77. The Bertz CT molecular complexity index is 1460. The molecule has 10 nitrogen and oxygen atoms in total. The summed E-state index contributed by atoms with van der Waals surface area (Å²) in [6, 6.07) is 20.6. The zero-order chi connectivity index (χ0) is 27.6. The van der Waals surface area contributed by atoms with Crippen LogP contribution in [0.25, 0.3) is 0 Å². The van der Waals surface area contributed by atoms with E-state index in [1.54, 1.807) is 54.5 Å². The number of urea groups is 1. The monoisotopic (exact) mass is 550 g/mol. The van der Waals surface area contributed by atoms with Crippen LogP contribution in [0.4, 0.5) is 16.2 Å². The number of ether oxygens (including phenoxy) is 2. The molecular weight excluding hydrogens is 520 g/mol. The van der Waals surface area contributed by atoms with Crippen LogP contribution >= 0.6 is 0 Å². The van der Waals surface area contributed by atoms with Crippen molar-refractivity contribution in [3.8, 4) is 11.5 Å². The second kappa shape index (κ2) is 10.9. The topological polar surface area (TPSA) is 99.7 Å². The summed E-state index contributed by atoms with van der Waals surface area (Å²) in [5.41, 5.74) is 1.40. The molecule has 39 heavy (non-hydrogen) atoms. The number of nitrogens with zero attached hydrogens (tertiary/aromatic N) is 4. The first kappa shape index (κ1) is 26.4. The Morgan fingerprint density at radius 1 is 0.846 bits per heavy atom. The van der Waals surface area contributed by atoms with Crippen LogP contribution in [-0.2, 0) is 14.8 Å². The Balaban J connectivity index is 1.40. The summed E-state index contributed by atoms with van der Waals surface area (Å²) in [6.45, 7) is 1.70. The van der Waals surface area contributed by atoms with Crippen LogP contribution in [-0.4, -0.2) is 82.5 Å². The fourth-order valence-corrected chi connectivity index (χ4v) is 6.40. The SMILES string of the molecule is COc1cccc(S(=O)(=O)N2C[C@@H](C(=O)N3CCN(c4ccccc4OC)CC3)N(c3ccccc3)C2=O)c1. The van der Waals surface area contributed by atoms with E-state index in [1.807, 2.05) is 24.3 Å². The van der Waals surface area contributed by atoms with Crippen LogP contribution in [0.3, 0.4) is 0 Å². The van der Waals surface area contributed by atoms with Crippen LogP contribution in [0.1, 0.15) is 0 Å². The first-order valence-electron chi connectivity index (χ1n) is 12.6. The maximum absolute atomic E-state index is 13.9. The normalized spacial score (nSPS) is 17.9. The highest BCUT2D eigenvalue weighted by Gasteiger charge is 2.49. The Morgan fingerprint density at radius 2 is 1.54 bits per heavy atom. The van der Waals surface area contributed by atoms with Gasteiger partial charge in [0.1, 0.15) is 17.5 Å². The Kier molecular flexibility index (Phi) is 7.34. The van der Waals surface area contributed by atoms with Crippen LogP contribution in [0.15, 0.2) is 83.8 Å². The van der Waals surface area contributed by atoms with Gasteiger partial charge in [0.25, 0.3) is 10.0 Å². The average Bonchev–Trinajstić information content (AvgIpc) is 3.35. The summed E-state index contributed by atoms with van der Waals surface area (Å²) in [4.78, 5) is 32.5. The summed E-state index contributed by atoms with van der Waals surface area (Å²) in [6.07, 6.45) is 0. The van der Waals surface area contributed by atoms with Crippen LogP contribution < -0.4 is 19.3 Å². The van der Waals surface area contributed by atoms with Gasteiger partial charge in [-0.25, -0.2) is 17.5 Å². The predicted molar refractivity (Wildman–Crippen MR) is 147 cm³/mol. The molecule has 0 unspecified atom stereocenters. The lowest BCUT2D eigenvalue weighted by atomic mass is 10.1. The van der Waals surface area contributed by atoms with Crippen molar-refractivity contribution in [2.75, 3.05) is 56.7 Å². The summed E-state index contributed by atoms with van der Waals surface area (Å²) in [5, 5.41) is 0. The van der Waals surface area contributed by atoms with Crippen LogP contribution in [0.2, 0.25) is 0 Å². The van der Waals surface area contributed by atoms with E-state index in [9.17, 15) is 18.0 Å². The lowest BCUT2D eigenvalue weighted by Gasteiger charge is -2.38. The molecule has 5 rings (SSSR count). The fraction of sp³-hybridized carbons (Fsp3) is 0.286. The third kappa shape index (κ3) is 4.97. The largest absolute Gasteiger partial charge is 0.497 e. The second-order valence-electron chi connectivity index (χ2n) is 9.20. The summed E-state index contributed by atoms with van der Waals surface area (Å²) < 4.78 is 38.6. The highest BCUT2D eigenvalue weighted by Crippen LogP contribution is 2.32. The number of methoxy groups -OCH3 is 2. The molecule has 3 aromatic carbocycles. The minimum atomic E-state index is -4.24. The van der Waals surface area contributed by atoms with E-state index < -0.39 is 22.1 Å². The predicted octanol–water partition coefficient (Wildman–Crippen LogP) is 3.05. The van der Waals surface area contributed by atoms with Crippen molar-refractivity contribution in [1.29, 1.82) is 0 Å². The van der Waals surface area contributed by atoms with Gasteiger partial charge in [0.15, 0.2) is 0 Å². The fourth-order valence-electron chi connectivity index (χ4n) is 5.00. The van der Waals surface area contributed by atoms with Gasteiger partial charge < -0.3 is 19.3 Å².